The van der Waals surface area contributed by atoms with Crippen LogP contribution in [0.1, 0.15) is 43.0 Å². The predicted molar refractivity (Wildman–Crippen MR) is 97.8 cm³/mol. The Hall–Kier alpha value is -2.47. The number of carbonyl (C=O) groups excluding carboxylic acids is 1. The molecule has 1 atom stereocenters. The Balaban J connectivity index is 1.72. The van der Waals surface area contributed by atoms with Gasteiger partial charge in [-0.2, -0.15) is 5.10 Å². The molecule has 4 rings (SSSR count). The molecule has 0 saturated carbocycles. The number of nitrogens with zero attached hydrogens (tertiary/aromatic N) is 4. The molecule has 128 valence electrons. The maximum Gasteiger partial charge on any atom is 0.266 e. The fourth-order valence-corrected chi connectivity index (χ4v) is 4.43. The largest absolute Gasteiger partial charge is 0.333 e. The smallest absolute Gasteiger partial charge is 0.266 e. The Morgan fingerprint density at radius 1 is 1.28 bits per heavy atom. The van der Waals surface area contributed by atoms with Crippen molar-refractivity contribution in [3.8, 4) is 0 Å². The molecule has 0 N–H and O–H groups in total. The summed E-state index contributed by atoms with van der Waals surface area (Å²) in [6.07, 6.45) is 3.94. The van der Waals surface area contributed by atoms with E-state index in [2.05, 4.69) is 28.3 Å². The quantitative estimate of drug-likeness (QED) is 0.711. The summed E-state index contributed by atoms with van der Waals surface area (Å²) in [6.45, 7) is 5.16. The molecular weight excluding hydrogens is 332 g/mol. The fourth-order valence-electron chi connectivity index (χ4n) is 3.54. The van der Waals surface area contributed by atoms with Crippen molar-refractivity contribution in [2.75, 3.05) is 6.54 Å². The first-order chi connectivity index (χ1) is 12.0. The summed E-state index contributed by atoms with van der Waals surface area (Å²) < 4.78 is 1.81. The zero-order valence-corrected chi connectivity index (χ0v) is 15.4. The molecule has 0 bridgehead atoms. The average Bonchev–Trinajstić information content (AvgIpc) is 3.18. The lowest BCUT2D eigenvalue weighted by molar-refractivity contribution is 0.0729. The van der Waals surface area contributed by atoms with Crippen LogP contribution in [0.4, 0.5) is 0 Å². The van der Waals surface area contributed by atoms with Crippen LogP contribution in [0.2, 0.25) is 0 Å². The van der Waals surface area contributed by atoms with Crippen LogP contribution < -0.4 is 0 Å². The van der Waals surface area contributed by atoms with Gasteiger partial charge in [-0.25, -0.2) is 4.98 Å². The zero-order chi connectivity index (χ0) is 17.6. The van der Waals surface area contributed by atoms with Crippen LogP contribution in [-0.4, -0.2) is 32.1 Å². The normalized spacial score (nSPS) is 16.8. The number of amides is 1. The van der Waals surface area contributed by atoms with Crippen LogP contribution in [0, 0.1) is 13.8 Å². The van der Waals surface area contributed by atoms with Crippen molar-refractivity contribution in [1.29, 1.82) is 0 Å². The maximum absolute atomic E-state index is 13.1. The first-order valence-electron chi connectivity index (χ1n) is 8.32. The number of aryl methyl sites for hydroxylation is 3. The van der Waals surface area contributed by atoms with E-state index < -0.39 is 0 Å². The molecule has 1 aromatic carbocycles. The molecule has 0 fully saturated rings. The minimum Gasteiger partial charge on any atom is -0.333 e. The van der Waals surface area contributed by atoms with Gasteiger partial charge in [-0.1, -0.05) is 24.3 Å². The van der Waals surface area contributed by atoms with Gasteiger partial charge in [-0.05, 0) is 30.5 Å². The number of rotatable bonds is 2. The minimum absolute atomic E-state index is 0.0755. The molecule has 5 nitrogen and oxygen atoms in total. The number of hydrogen-bond acceptors (Lipinski definition) is 4. The number of hydrogen-bond donors (Lipinski definition) is 0. The summed E-state index contributed by atoms with van der Waals surface area (Å²) in [6, 6.07) is 8.38. The lowest BCUT2D eigenvalue weighted by Crippen LogP contribution is -2.38. The third kappa shape index (κ3) is 2.87. The minimum atomic E-state index is 0.0755. The lowest BCUT2D eigenvalue weighted by Gasteiger charge is -2.34. The second-order valence-corrected chi connectivity index (χ2v) is 7.74. The number of aromatic nitrogens is 3. The van der Waals surface area contributed by atoms with E-state index in [4.69, 9.17) is 0 Å². The molecule has 25 heavy (non-hydrogen) atoms. The van der Waals surface area contributed by atoms with Gasteiger partial charge < -0.3 is 4.90 Å². The lowest BCUT2D eigenvalue weighted by atomic mass is 9.86. The van der Waals surface area contributed by atoms with Crippen molar-refractivity contribution in [3.05, 3.63) is 68.9 Å². The summed E-state index contributed by atoms with van der Waals surface area (Å²) >= 11 is 1.48. The highest BCUT2D eigenvalue weighted by Crippen LogP contribution is 2.34. The van der Waals surface area contributed by atoms with Crippen molar-refractivity contribution < 1.29 is 4.79 Å². The maximum atomic E-state index is 13.1. The predicted octanol–water partition coefficient (Wildman–Crippen LogP) is 3.28. The van der Waals surface area contributed by atoms with E-state index in [0.29, 0.717) is 13.1 Å². The highest BCUT2D eigenvalue weighted by Gasteiger charge is 2.31. The first kappa shape index (κ1) is 16.0. The summed E-state index contributed by atoms with van der Waals surface area (Å²) in [5, 5.41) is 5.25. The van der Waals surface area contributed by atoms with Crippen molar-refractivity contribution in [1.82, 2.24) is 19.7 Å². The van der Waals surface area contributed by atoms with Gasteiger partial charge in [0.05, 0.1) is 16.9 Å². The molecule has 1 unspecified atom stereocenters. The molecule has 3 heterocycles. The van der Waals surface area contributed by atoms with Crippen molar-refractivity contribution in [3.63, 3.8) is 0 Å². The fraction of sp³-hybridized carbons (Fsp3) is 0.316. The Labute approximate surface area is 150 Å². The molecule has 3 aromatic rings. The Bertz CT molecular complexity index is 943. The monoisotopic (exact) mass is 352 g/mol. The average molecular weight is 352 g/mol. The zero-order valence-electron chi connectivity index (χ0n) is 14.6. The third-order valence-electron chi connectivity index (χ3n) is 4.71. The van der Waals surface area contributed by atoms with E-state index in [1.807, 2.05) is 48.9 Å². The molecule has 1 aliphatic heterocycles. The van der Waals surface area contributed by atoms with Crippen LogP contribution in [0.3, 0.4) is 0 Å². The van der Waals surface area contributed by atoms with Gasteiger partial charge in [-0.15, -0.1) is 11.3 Å². The second-order valence-electron chi connectivity index (χ2n) is 6.53. The van der Waals surface area contributed by atoms with E-state index in [1.54, 1.807) is 0 Å². The topological polar surface area (TPSA) is 51.0 Å². The SMILES string of the molecule is Cc1nc(C)c(C(=O)N2Cc3ccccc3C(c3cnn(C)c3)C2)s1. The number of carbonyl (C=O) groups is 1. The van der Waals surface area contributed by atoms with E-state index >= 15 is 0 Å². The highest BCUT2D eigenvalue weighted by molar-refractivity contribution is 7.13. The van der Waals surface area contributed by atoms with Gasteiger partial charge >= 0.3 is 0 Å². The summed E-state index contributed by atoms with van der Waals surface area (Å²) in [5.74, 6) is 0.225. The standard InChI is InChI=1S/C19H20N4OS/c1-12-18(25-13(2)21-12)19(24)23-10-14-6-4-5-7-16(14)17(11-23)15-8-20-22(3)9-15/h4-9,17H,10-11H2,1-3H3. The molecule has 0 radical (unpaired) electrons. The van der Waals surface area contributed by atoms with Gasteiger partial charge in [0.15, 0.2) is 0 Å². The molecular formula is C19H20N4OS. The van der Waals surface area contributed by atoms with Crippen LogP contribution in [0.15, 0.2) is 36.7 Å². The van der Waals surface area contributed by atoms with E-state index in [1.165, 1.54) is 22.5 Å². The summed E-state index contributed by atoms with van der Waals surface area (Å²) in [4.78, 5) is 20.2. The van der Waals surface area contributed by atoms with E-state index in [0.717, 1.165) is 21.1 Å². The van der Waals surface area contributed by atoms with Gasteiger partial charge in [-0.3, -0.25) is 9.48 Å². The Morgan fingerprint density at radius 2 is 2.08 bits per heavy atom. The van der Waals surface area contributed by atoms with Crippen LogP contribution in [-0.2, 0) is 13.6 Å². The Kier molecular flexibility index (Phi) is 3.92. The second kappa shape index (κ2) is 6.11. The van der Waals surface area contributed by atoms with Crippen molar-refractivity contribution in [2.45, 2.75) is 26.3 Å². The third-order valence-corrected chi connectivity index (χ3v) is 5.77. The van der Waals surface area contributed by atoms with Crippen molar-refractivity contribution >= 4 is 17.2 Å². The summed E-state index contributed by atoms with van der Waals surface area (Å²) in [5.41, 5.74) is 4.46. The Morgan fingerprint density at radius 3 is 2.76 bits per heavy atom. The van der Waals surface area contributed by atoms with E-state index in [9.17, 15) is 4.79 Å². The van der Waals surface area contributed by atoms with E-state index in [-0.39, 0.29) is 11.8 Å². The summed E-state index contributed by atoms with van der Waals surface area (Å²) in [7, 11) is 1.92. The van der Waals surface area contributed by atoms with Crippen LogP contribution in [0.5, 0.6) is 0 Å². The van der Waals surface area contributed by atoms with Gasteiger partial charge in [0.1, 0.15) is 4.88 Å². The van der Waals surface area contributed by atoms with Crippen molar-refractivity contribution in [2.24, 2.45) is 7.05 Å². The molecule has 0 spiro atoms. The van der Waals surface area contributed by atoms with Crippen LogP contribution >= 0.6 is 11.3 Å². The number of fused-ring (bicyclic) bond motifs is 1. The number of benzene rings is 1. The molecule has 0 saturated heterocycles. The number of thiazole rings is 1. The molecule has 1 amide bonds. The molecule has 2 aromatic heterocycles. The molecule has 0 aliphatic carbocycles. The molecule has 6 heteroatoms. The van der Waals surface area contributed by atoms with Crippen LogP contribution in [0.25, 0.3) is 0 Å². The molecule has 1 aliphatic rings. The highest BCUT2D eigenvalue weighted by atomic mass is 32.1. The first-order valence-corrected chi connectivity index (χ1v) is 9.14. The van der Waals surface area contributed by atoms with Gasteiger partial charge in [0, 0.05) is 32.3 Å². The van der Waals surface area contributed by atoms with Gasteiger partial charge in [0.2, 0.25) is 0 Å². The van der Waals surface area contributed by atoms with Gasteiger partial charge in [0.25, 0.3) is 5.91 Å².